The third kappa shape index (κ3) is 3.61. The topological polar surface area (TPSA) is 45.5 Å². The molecule has 0 fully saturated rings. The molecule has 138 valence electrons. The number of amides is 1. The number of fused-ring (bicyclic) bond motifs is 3. The largest absolute Gasteiger partial charge is 0.464 e. The minimum atomic E-state index is 0.00837. The molecule has 0 bridgehead atoms. The zero-order valence-electron chi connectivity index (χ0n) is 15.4. The van der Waals surface area contributed by atoms with Crippen LogP contribution in [0.3, 0.4) is 0 Å². The molecule has 2 heterocycles. The molecule has 4 nitrogen and oxygen atoms in total. The number of carbonyl (C=O) groups excluding carboxylic acids is 1. The second-order valence-corrected chi connectivity index (χ2v) is 7.88. The lowest BCUT2D eigenvalue weighted by Gasteiger charge is -2.23. The minimum absolute atomic E-state index is 0.00837. The van der Waals surface area contributed by atoms with Gasteiger partial charge in [0.25, 0.3) is 0 Å². The van der Waals surface area contributed by atoms with Gasteiger partial charge < -0.3 is 14.6 Å². The summed E-state index contributed by atoms with van der Waals surface area (Å²) < 4.78 is 5.69. The van der Waals surface area contributed by atoms with Crippen LogP contribution in [0.2, 0.25) is 0 Å². The molecule has 0 saturated heterocycles. The molecule has 0 aliphatic rings. The molecular weight excluding hydrogens is 356 g/mol. The molecule has 1 N–H and O–H groups in total. The first-order valence-electron chi connectivity index (χ1n) is 8.98. The number of thiophene rings is 1. The fraction of sp³-hybridized carbons (Fsp3) is 0.227. The number of hydrogen-bond donors (Lipinski definition) is 1. The molecule has 0 aliphatic heterocycles. The highest BCUT2D eigenvalue weighted by atomic mass is 32.1. The smallest absolute Gasteiger partial charge is 0.224 e. The Balaban J connectivity index is 1.52. The van der Waals surface area contributed by atoms with Gasteiger partial charge >= 0.3 is 0 Å². The Bertz CT molecular complexity index is 1070. The Morgan fingerprint density at radius 2 is 2.00 bits per heavy atom. The molecule has 0 radical (unpaired) electrons. The van der Waals surface area contributed by atoms with E-state index in [1.165, 1.54) is 4.88 Å². The minimum Gasteiger partial charge on any atom is -0.464 e. The molecule has 1 unspecified atom stereocenters. The van der Waals surface area contributed by atoms with E-state index in [1.54, 1.807) is 17.6 Å². The van der Waals surface area contributed by atoms with Gasteiger partial charge in [0.05, 0.1) is 18.7 Å². The summed E-state index contributed by atoms with van der Waals surface area (Å²) in [5, 5.41) is 8.46. The first-order valence-corrected chi connectivity index (χ1v) is 9.86. The van der Waals surface area contributed by atoms with Crippen molar-refractivity contribution >= 4 is 39.0 Å². The van der Waals surface area contributed by atoms with E-state index in [9.17, 15) is 4.79 Å². The number of hydrogen-bond acceptors (Lipinski definition) is 4. The number of carbonyl (C=O) groups is 1. The average molecular weight is 378 g/mol. The summed E-state index contributed by atoms with van der Waals surface area (Å²) >= 11 is 1.71. The second kappa shape index (κ2) is 7.55. The van der Waals surface area contributed by atoms with Crippen LogP contribution >= 0.6 is 11.3 Å². The van der Waals surface area contributed by atoms with E-state index < -0.39 is 0 Å². The van der Waals surface area contributed by atoms with E-state index in [1.807, 2.05) is 44.4 Å². The fourth-order valence-corrected chi connectivity index (χ4v) is 4.39. The first kappa shape index (κ1) is 17.8. The number of rotatable bonds is 6. The maximum atomic E-state index is 12.6. The SMILES string of the molecule is CN(C)C(CNC(=O)Cc1coc2ccc3ccccc3c12)c1cccs1. The van der Waals surface area contributed by atoms with E-state index in [4.69, 9.17) is 4.42 Å². The summed E-state index contributed by atoms with van der Waals surface area (Å²) in [4.78, 5) is 16.0. The van der Waals surface area contributed by atoms with Crippen molar-refractivity contribution in [3.05, 3.63) is 70.6 Å². The van der Waals surface area contributed by atoms with Gasteiger partial charge in [-0.15, -0.1) is 11.3 Å². The Kier molecular flexibility index (Phi) is 4.97. The van der Waals surface area contributed by atoms with Crippen molar-refractivity contribution in [2.24, 2.45) is 0 Å². The Labute approximate surface area is 162 Å². The van der Waals surface area contributed by atoms with Crippen LogP contribution < -0.4 is 5.32 Å². The standard InChI is InChI=1S/C22H22N2O2S/c1-24(2)18(20-8-5-11-27-20)13-23-21(25)12-16-14-26-19-10-9-15-6-3-4-7-17(15)22(16)19/h3-11,14,18H,12-13H2,1-2H3,(H,23,25). The number of likely N-dealkylation sites (N-methyl/N-ethyl adjacent to an activating group) is 1. The van der Waals surface area contributed by atoms with Crippen LogP contribution in [0.15, 0.2) is 64.6 Å². The van der Waals surface area contributed by atoms with Crippen LogP contribution in [0.5, 0.6) is 0 Å². The van der Waals surface area contributed by atoms with E-state index in [-0.39, 0.29) is 11.9 Å². The Morgan fingerprint density at radius 1 is 1.15 bits per heavy atom. The van der Waals surface area contributed by atoms with Crippen LogP contribution in [0, 0.1) is 0 Å². The molecule has 27 heavy (non-hydrogen) atoms. The average Bonchev–Trinajstić information content (AvgIpc) is 3.32. The van der Waals surface area contributed by atoms with Crippen LogP contribution in [0.25, 0.3) is 21.7 Å². The molecule has 2 aromatic carbocycles. The highest BCUT2D eigenvalue weighted by Crippen LogP contribution is 2.30. The quantitative estimate of drug-likeness (QED) is 0.533. The normalized spacial score (nSPS) is 12.7. The van der Waals surface area contributed by atoms with Crippen molar-refractivity contribution in [2.45, 2.75) is 12.5 Å². The summed E-state index contributed by atoms with van der Waals surface area (Å²) in [5.41, 5.74) is 1.75. The lowest BCUT2D eigenvalue weighted by Crippen LogP contribution is -2.34. The highest BCUT2D eigenvalue weighted by molar-refractivity contribution is 7.10. The summed E-state index contributed by atoms with van der Waals surface area (Å²) in [6.45, 7) is 0.586. The van der Waals surface area contributed by atoms with Crippen molar-refractivity contribution in [3.8, 4) is 0 Å². The van der Waals surface area contributed by atoms with Gasteiger partial charge in [-0.2, -0.15) is 0 Å². The lowest BCUT2D eigenvalue weighted by molar-refractivity contribution is -0.120. The van der Waals surface area contributed by atoms with Crippen molar-refractivity contribution in [2.75, 3.05) is 20.6 Å². The van der Waals surface area contributed by atoms with E-state index >= 15 is 0 Å². The van der Waals surface area contributed by atoms with Crippen molar-refractivity contribution in [1.82, 2.24) is 10.2 Å². The third-order valence-electron chi connectivity index (χ3n) is 4.88. The van der Waals surface area contributed by atoms with Crippen LogP contribution in [0.1, 0.15) is 16.5 Å². The molecule has 1 atom stereocenters. The van der Waals surface area contributed by atoms with Gasteiger partial charge in [-0.1, -0.05) is 36.4 Å². The van der Waals surface area contributed by atoms with Gasteiger partial charge in [-0.3, -0.25) is 4.79 Å². The predicted molar refractivity (Wildman–Crippen MR) is 111 cm³/mol. The fourth-order valence-electron chi connectivity index (χ4n) is 3.47. The van der Waals surface area contributed by atoms with E-state index in [0.717, 1.165) is 27.3 Å². The zero-order chi connectivity index (χ0) is 18.8. The predicted octanol–water partition coefficient (Wildman–Crippen LogP) is 4.61. The molecule has 1 amide bonds. The summed E-state index contributed by atoms with van der Waals surface area (Å²) in [7, 11) is 4.07. The van der Waals surface area contributed by atoms with Gasteiger partial charge in [0.15, 0.2) is 0 Å². The molecule has 0 aliphatic carbocycles. The maximum Gasteiger partial charge on any atom is 0.224 e. The summed E-state index contributed by atoms with van der Waals surface area (Å²) in [6, 6.07) is 16.5. The van der Waals surface area contributed by atoms with Gasteiger partial charge in [0.1, 0.15) is 5.58 Å². The molecule has 2 aromatic heterocycles. The van der Waals surface area contributed by atoms with E-state index in [2.05, 4.69) is 33.8 Å². The van der Waals surface area contributed by atoms with Crippen LogP contribution in [0.4, 0.5) is 0 Å². The van der Waals surface area contributed by atoms with Crippen molar-refractivity contribution in [1.29, 1.82) is 0 Å². The zero-order valence-corrected chi connectivity index (χ0v) is 16.3. The number of nitrogens with zero attached hydrogens (tertiary/aromatic N) is 1. The monoisotopic (exact) mass is 378 g/mol. The van der Waals surface area contributed by atoms with Gasteiger partial charge in [-0.25, -0.2) is 0 Å². The number of furan rings is 1. The lowest BCUT2D eigenvalue weighted by atomic mass is 10.0. The molecule has 4 rings (SSSR count). The number of nitrogens with one attached hydrogen (secondary N) is 1. The molecule has 4 aromatic rings. The first-order chi connectivity index (χ1) is 13.1. The van der Waals surface area contributed by atoms with Crippen molar-refractivity contribution in [3.63, 3.8) is 0 Å². The Hall–Kier alpha value is -2.63. The van der Waals surface area contributed by atoms with Gasteiger partial charge in [0.2, 0.25) is 5.91 Å². The second-order valence-electron chi connectivity index (χ2n) is 6.90. The molecular formula is C22H22N2O2S. The number of benzene rings is 2. The van der Waals surface area contributed by atoms with E-state index in [0.29, 0.717) is 13.0 Å². The maximum absolute atomic E-state index is 12.6. The van der Waals surface area contributed by atoms with Gasteiger partial charge in [-0.05, 0) is 42.4 Å². The highest BCUT2D eigenvalue weighted by Gasteiger charge is 2.18. The third-order valence-corrected chi connectivity index (χ3v) is 5.85. The molecule has 0 spiro atoms. The molecule has 0 saturated carbocycles. The molecule has 5 heteroatoms. The van der Waals surface area contributed by atoms with Crippen molar-refractivity contribution < 1.29 is 9.21 Å². The summed E-state index contributed by atoms with van der Waals surface area (Å²) in [5.74, 6) is 0.00837. The van der Waals surface area contributed by atoms with Crippen LogP contribution in [-0.2, 0) is 11.2 Å². The summed E-state index contributed by atoms with van der Waals surface area (Å²) in [6.07, 6.45) is 2.02. The van der Waals surface area contributed by atoms with Crippen LogP contribution in [-0.4, -0.2) is 31.4 Å². The van der Waals surface area contributed by atoms with Gasteiger partial charge in [0, 0.05) is 22.4 Å². The Morgan fingerprint density at radius 3 is 2.78 bits per heavy atom.